The van der Waals surface area contributed by atoms with Crippen molar-refractivity contribution in [2.24, 2.45) is 17.8 Å². The predicted molar refractivity (Wildman–Crippen MR) is 182 cm³/mol. The first-order chi connectivity index (χ1) is 22.6. The topological polar surface area (TPSA) is 125 Å². The number of carbonyl (C=O) groups excluding carboxylic acids is 4. The first kappa shape index (κ1) is 36.8. The van der Waals surface area contributed by atoms with Crippen LogP contribution >= 0.6 is 15.9 Å². The molecule has 0 radical (unpaired) electrons. The van der Waals surface area contributed by atoms with Crippen molar-refractivity contribution in [3.05, 3.63) is 61.2 Å². The van der Waals surface area contributed by atoms with Gasteiger partial charge in [0.2, 0.25) is 17.7 Å². The average Bonchev–Trinajstić information content (AvgIpc) is 3.65. The third kappa shape index (κ3) is 7.52. The molecule has 0 aromatic heterocycles. The molecule has 1 unspecified atom stereocenters. The number of amides is 3. The summed E-state index contributed by atoms with van der Waals surface area (Å²) < 4.78 is 12.8. The monoisotopic (exact) mass is 715 g/mol. The van der Waals surface area contributed by atoms with Crippen LogP contribution in [0.5, 0.6) is 0 Å². The van der Waals surface area contributed by atoms with Crippen LogP contribution in [0.2, 0.25) is 0 Å². The second-order valence-electron chi connectivity index (χ2n) is 13.2. The molecule has 3 aliphatic heterocycles. The van der Waals surface area contributed by atoms with E-state index >= 15 is 0 Å². The molecule has 8 atom stereocenters. The maximum Gasteiger partial charge on any atom is 0.313 e. The lowest BCUT2D eigenvalue weighted by Crippen LogP contribution is -2.60. The highest BCUT2D eigenvalue weighted by molar-refractivity contribution is 9.09. The molecule has 2 N–H and O–H groups in total. The number of halogens is 1. The summed E-state index contributed by atoms with van der Waals surface area (Å²) >= 11 is 3.72. The van der Waals surface area contributed by atoms with Gasteiger partial charge in [-0.25, -0.2) is 0 Å². The first-order valence-electron chi connectivity index (χ1n) is 16.8. The molecule has 0 aliphatic carbocycles. The zero-order valence-electron chi connectivity index (χ0n) is 27.8. The van der Waals surface area contributed by atoms with E-state index in [2.05, 4.69) is 41.3 Å². The normalized spacial score (nSPS) is 27.3. The minimum atomic E-state index is -1.29. The Morgan fingerprint density at radius 2 is 1.94 bits per heavy atom. The minimum absolute atomic E-state index is 0.0485. The van der Waals surface area contributed by atoms with E-state index < -0.39 is 47.7 Å². The number of hydrogen-bond donors (Lipinski definition) is 2. The van der Waals surface area contributed by atoms with Gasteiger partial charge in [-0.1, -0.05) is 92.0 Å². The number of nitrogens with zero attached hydrogens (tertiary/aromatic N) is 2. The highest BCUT2D eigenvalue weighted by atomic mass is 79.9. The van der Waals surface area contributed by atoms with Crippen molar-refractivity contribution < 1.29 is 33.8 Å². The van der Waals surface area contributed by atoms with Crippen molar-refractivity contribution in [2.75, 3.05) is 26.2 Å². The fourth-order valence-corrected chi connectivity index (χ4v) is 8.35. The molecule has 1 aromatic rings. The van der Waals surface area contributed by atoms with Crippen LogP contribution in [0, 0.1) is 17.8 Å². The van der Waals surface area contributed by atoms with E-state index in [1.54, 1.807) is 17.1 Å². The van der Waals surface area contributed by atoms with E-state index in [4.69, 9.17) is 9.47 Å². The number of allylic oxidation sites excluding steroid dienone is 1. The largest absolute Gasteiger partial charge is 0.455 e. The Morgan fingerprint density at radius 1 is 1.21 bits per heavy atom. The van der Waals surface area contributed by atoms with Crippen LogP contribution in [0.4, 0.5) is 0 Å². The summed E-state index contributed by atoms with van der Waals surface area (Å²) in [5, 5.41) is 13.4. The Bertz CT molecular complexity index is 1290. The first-order valence-corrected chi connectivity index (χ1v) is 17.7. The van der Waals surface area contributed by atoms with E-state index in [0.29, 0.717) is 31.5 Å². The van der Waals surface area contributed by atoms with Gasteiger partial charge in [0.1, 0.15) is 17.7 Å². The van der Waals surface area contributed by atoms with E-state index in [1.807, 2.05) is 44.2 Å². The number of esters is 1. The SMILES string of the molecule is C=CCCC(=O)NC[C@@H](OC(=O)[C@H]1[C@@H]2O[C@@]3(CC2Br)[C@@H]1C(=O)N([C@@H](CO)C(C)C)[C@@H]3C(=O)N(CC=C)CCCCC)c1ccccc1. The summed E-state index contributed by atoms with van der Waals surface area (Å²) in [6.07, 6.45) is 5.68. The van der Waals surface area contributed by atoms with Crippen molar-refractivity contribution in [1.29, 1.82) is 0 Å². The number of aliphatic hydroxyl groups excluding tert-OH is 1. The highest BCUT2D eigenvalue weighted by Gasteiger charge is 2.77. The number of fused-ring (bicyclic) bond motifs is 1. The van der Waals surface area contributed by atoms with E-state index in [-0.39, 0.29) is 48.0 Å². The van der Waals surface area contributed by atoms with Crippen LogP contribution in [0.1, 0.15) is 71.0 Å². The van der Waals surface area contributed by atoms with Crippen LogP contribution in [0.25, 0.3) is 0 Å². The van der Waals surface area contributed by atoms with E-state index in [9.17, 15) is 24.3 Å². The van der Waals surface area contributed by atoms with Crippen LogP contribution in [-0.2, 0) is 28.7 Å². The molecule has 3 fully saturated rings. The number of ether oxygens (including phenoxy) is 2. The number of alkyl halides is 1. The third-order valence-corrected chi connectivity index (χ3v) is 10.6. The highest BCUT2D eigenvalue weighted by Crippen LogP contribution is 2.61. The molecule has 4 rings (SSSR count). The number of hydrogen-bond acceptors (Lipinski definition) is 7. The van der Waals surface area contributed by atoms with Gasteiger partial charge >= 0.3 is 5.97 Å². The number of nitrogens with one attached hydrogen (secondary N) is 1. The molecule has 3 amide bonds. The van der Waals surface area contributed by atoms with Gasteiger partial charge in [-0.2, -0.15) is 0 Å². The van der Waals surface area contributed by atoms with Crippen molar-refractivity contribution in [2.45, 2.75) is 94.0 Å². The van der Waals surface area contributed by atoms with Gasteiger partial charge in [-0.3, -0.25) is 19.2 Å². The summed E-state index contributed by atoms with van der Waals surface area (Å²) in [6.45, 7) is 13.9. The molecular formula is C36H50BrN3O7. The molecule has 3 saturated heterocycles. The van der Waals surface area contributed by atoms with Gasteiger partial charge in [0, 0.05) is 24.3 Å². The maximum atomic E-state index is 14.6. The summed E-state index contributed by atoms with van der Waals surface area (Å²) in [5.74, 6) is -3.62. The van der Waals surface area contributed by atoms with Gasteiger partial charge in [0.15, 0.2) is 0 Å². The molecule has 3 heterocycles. The molecule has 1 aromatic carbocycles. The summed E-state index contributed by atoms with van der Waals surface area (Å²) in [4.78, 5) is 58.8. The van der Waals surface area contributed by atoms with Gasteiger partial charge in [-0.15, -0.1) is 13.2 Å². The van der Waals surface area contributed by atoms with Crippen LogP contribution in [-0.4, -0.2) is 93.5 Å². The molecule has 258 valence electrons. The Labute approximate surface area is 287 Å². The lowest BCUT2D eigenvalue weighted by atomic mass is 9.70. The molecule has 10 nitrogen and oxygen atoms in total. The predicted octanol–water partition coefficient (Wildman–Crippen LogP) is 4.32. The summed E-state index contributed by atoms with van der Waals surface area (Å²) in [7, 11) is 0. The number of unbranched alkanes of at least 4 members (excludes halogenated alkanes) is 2. The Balaban J connectivity index is 1.70. The molecular weight excluding hydrogens is 666 g/mol. The summed E-state index contributed by atoms with van der Waals surface area (Å²) in [6, 6.07) is 7.44. The average molecular weight is 717 g/mol. The smallest absolute Gasteiger partial charge is 0.313 e. The van der Waals surface area contributed by atoms with E-state index in [0.717, 1.165) is 19.3 Å². The molecule has 47 heavy (non-hydrogen) atoms. The van der Waals surface area contributed by atoms with Gasteiger partial charge in [0.25, 0.3) is 0 Å². The second-order valence-corrected chi connectivity index (χ2v) is 14.3. The molecule has 0 saturated carbocycles. The zero-order chi connectivity index (χ0) is 34.3. The van der Waals surface area contributed by atoms with E-state index in [1.165, 1.54) is 4.90 Å². The quantitative estimate of drug-likeness (QED) is 0.100. The molecule has 11 heteroatoms. The number of rotatable bonds is 18. The maximum absolute atomic E-state index is 14.6. The fourth-order valence-electron chi connectivity index (χ4n) is 7.41. The van der Waals surface area contributed by atoms with Crippen LogP contribution < -0.4 is 5.32 Å². The fraction of sp³-hybridized carbons (Fsp3) is 0.611. The third-order valence-electron chi connectivity index (χ3n) is 9.73. The number of aliphatic hydroxyl groups is 1. The Morgan fingerprint density at radius 3 is 2.55 bits per heavy atom. The summed E-state index contributed by atoms with van der Waals surface area (Å²) in [5.41, 5.74) is -0.594. The zero-order valence-corrected chi connectivity index (χ0v) is 29.4. The van der Waals surface area contributed by atoms with Crippen LogP contribution in [0.3, 0.4) is 0 Å². The van der Waals surface area contributed by atoms with Crippen molar-refractivity contribution >= 4 is 39.6 Å². The minimum Gasteiger partial charge on any atom is -0.455 e. The van der Waals surface area contributed by atoms with Gasteiger partial charge in [0.05, 0.1) is 37.1 Å². The molecule has 1 spiro atoms. The van der Waals surface area contributed by atoms with Gasteiger partial charge in [-0.05, 0) is 30.7 Å². The van der Waals surface area contributed by atoms with Gasteiger partial charge < -0.3 is 29.7 Å². The molecule has 3 aliphatic rings. The Kier molecular flexibility index (Phi) is 12.8. The molecule has 2 bridgehead atoms. The second kappa shape index (κ2) is 16.4. The van der Waals surface area contributed by atoms with Crippen LogP contribution in [0.15, 0.2) is 55.6 Å². The Hall–Kier alpha value is -3.02. The lowest BCUT2D eigenvalue weighted by molar-refractivity contribution is -0.161. The standard InChI is InChI=1S/C36H50BrN3O7/c1-6-9-14-19-39(18-8-3)34(44)32-36-20-25(37)31(47-36)29(30(36)33(43)40(32)26(22-41)23(4)5)35(45)46-27(24-15-12-11-13-16-24)21-38-28(42)17-10-7-2/h7-8,11-13,15-16,23,25-27,29-32,41H,2-3,6,9-10,14,17-22H2,1,4-5H3,(H,38,42)/t25?,26-,27+,29+,30-,31+,32+,36-/m0/s1. The van der Waals surface area contributed by atoms with Crippen molar-refractivity contribution in [3.8, 4) is 0 Å². The number of benzene rings is 1. The van der Waals surface area contributed by atoms with Crippen molar-refractivity contribution in [1.82, 2.24) is 15.1 Å². The lowest BCUT2D eigenvalue weighted by Gasteiger charge is -2.40. The van der Waals surface area contributed by atoms with Crippen molar-refractivity contribution in [3.63, 3.8) is 0 Å². The number of likely N-dealkylation sites (tertiary alicyclic amines) is 1. The number of carbonyl (C=O) groups is 4.